The van der Waals surface area contributed by atoms with E-state index in [0.29, 0.717) is 6.04 Å². The molecule has 1 fully saturated rings. The summed E-state index contributed by atoms with van der Waals surface area (Å²) in [5.74, 6) is 0. The number of thiazole rings is 1. The summed E-state index contributed by atoms with van der Waals surface area (Å²) >= 11 is 1.80. The molecular weight excluding hydrogens is 256 g/mol. The van der Waals surface area contributed by atoms with E-state index in [1.165, 1.54) is 28.7 Å². The van der Waals surface area contributed by atoms with E-state index in [-0.39, 0.29) is 0 Å². The zero-order valence-corrected chi connectivity index (χ0v) is 13.4. The van der Waals surface area contributed by atoms with Crippen LogP contribution < -0.4 is 5.32 Å². The first-order valence-corrected chi connectivity index (χ1v) is 7.97. The number of rotatable bonds is 5. The van der Waals surface area contributed by atoms with E-state index >= 15 is 0 Å². The smallest absolute Gasteiger partial charge is 0.0900 e. The Bertz CT molecular complexity index is 398. The molecule has 0 amide bonds. The molecule has 19 heavy (non-hydrogen) atoms. The maximum absolute atomic E-state index is 4.68. The summed E-state index contributed by atoms with van der Waals surface area (Å²) in [7, 11) is 2.21. The summed E-state index contributed by atoms with van der Waals surface area (Å²) in [4.78, 5) is 11.0. The Labute approximate surface area is 120 Å². The summed E-state index contributed by atoms with van der Waals surface area (Å²) in [6, 6.07) is 0.410. The second kappa shape index (κ2) is 6.79. The molecule has 1 aliphatic heterocycles. The maximum Gasteiger partial charge on any atom is 0.0900 e. The average molecular weight is 282 g/mol. The fourth-order valence-corrected chi connectivity index (χ4v) is 3.48. The number of hydrogen-bond donors (Lipinski definition) is 1. The van der Waals surface area contributed by atoms with Crippen LogP contribution in [0.1, 0.15) is 28.5 Å². The molecule has 0 radical (unpaired) electrons. The maximum atomic E-state index is 4.68. The second-order valence-corrected chi connectivity index (χ2v) is 6.83. The highest BCUT2D eigenvalue weighted by atomic mass is 32.1. The van der Waals surface area contributed by atoms with Crippen LogP contribution >= 0.6 is 11.3 Å². The quantitative estimate of drug-likeness (QED) is 0.890. The molecule has 0 aliphatic carbocycles. The zero-order valence-electron chi connectivity index (χ0n) is 12.6. The van der Waals surface area contributed by atoms with Crippen molar-refractivity contribution in [2.24, 2.45) is 0 Å². The Hall–Kier alpha value is -0.490. The van der Waals surface area contributed by atoms with E-state index in [0.717, 1.165) is 26.2 Å². The minimum Gasteiger partial charge on any atom is -0.314 e. The topological polar surface area (TPSA) is 31.4 Å². The molecule has 1 aromatic heterocycles. The molecule has 1 N–H and O–H groups in total. The Morgan fingerprint density at radius 3 is 2.63 bits per heavy atom. The molecule has 1 atom stereocenters. The third kappa shape index (κ3) is 3.99. The van der Waals surface area contributed by atoms with Gasteiger partial charge in [-0.05, 0) is 27.8 Å². The standard InChI is InChI=1S/C14H26N4S/c1-11(14-12(2)19-13(3)16-14)17(4)9-10-18-7-5-15-6-8-18/h11,15H,5-10H2,1-4H3. The van der Waals surface area contributed by atoms with Crippen LogP contribution in [0.25, 0.3) is 0 Å². The molecule has 0 aromatic carbocycles. The summed E-state index contributed by atoms with van der Waals surface area (Å²) in [6.07, 6.45) is 0. The van der Waals surface area contributed by atoms with Crippen LogP contribution in [0.3, 0.4) is 0 Å². The minimum atomic E-state index is 0.410. The molecule has 0 bridgehead atoms. The Kier molecular flexibility index (Phi) is 5.33. The molecule has 0 saturated carbocycles. The van der Waals surface area contributed by atoms with E-state index in [1.54, 1.807) is 11.3 Å². The highest BCUT2D eigenvalue weighted by molar-refractivity contribution is 7.11. The summed E-state index contributed by atoms with van der Waals surface area (Å²) in [6.45, 7) is 13.4. The van der Waals surface area contributed by atoms with Crippen LogP contribution in [-0.4, -0.2) is 61.1 Å². The normalized spacial score (nSPS) is 19.0. The number of piperazine rings is 1. The van der Waals surface area contributed by atoms with Crippen LogP contribution in [-0.2, 0) is 0 Å². The third-order valence-electron chi connectivity index (χ3n) is 3.97. The van der Waals surface area contributed by atoms with Gasteiger partial charge < -0.3 is 5.32 Å². The first-order chi connectivity index (χ1) is 9.08. The van der Waals surface area contributed by atoms with Crippen molar-refractivity contribution in [1.82, 2.24) is 20.1 Å². The van der Waals surface area contributed by atoms with Crippen molar-refractivity contribution in [2.45, 2.75) is 26.8 Å². The molecular formula is C14H26N4S. The number of likely N-dealkylation sites (N-methyl/N-ethyl adjacent to an activating group) is 1. The monoisotopic (exact) mass is 282 g/mol. The number of nitrogens with one attached hydrogen (secondary N) is 1. The number of nitrogens with zero attached hydrogens (tertiary/aromatic N) is 3. The fourth-order valence-electron chi connectivity index (χ4n) is 2.57. The second-order valence-electron chi connectivity index (χ2n) is 5.42. The van der Waals surface area contributed by atoms with Gasteiger partial charge in [-0.3, -0.25) is 9.80 Å². The lowest BCUT2D eigenvalue weighted by atomic mass is 10.2. The van der Waals surface area contributed by atoms with Crippen molar-refractivity contribution in [1.29, 1.82) is 0 Å². The predicted octanol–water partition coefficient (Wildman–Crippen LogP) is 1.66. The molecule has 2 rings (SSSR count). The highest BCUT2D eigenvalue weighted by Crippen LogP contribution is 2.25. The SMILES string of the molecule is Cc1nc(C(C)N(C)CCN2CCNCC2)c(C)s1. The van der Waals surface area contributed by atoms with Crippen LogP contribution in [0.15, 0.2) is 0 Å². The summed E-state index contributed by atoms with van der Waals surface area (Å²) in [5.41, 5.74) is 1.25. The van der Waals surface area contributed by atoms with Gasteiger partial charge in [-0.1, -0.05) is 0 Å². The van der Waals surface area contributed by atoms with Gasteiger partial charge in [-0.15, -0.1) is 11.3 Å². The van der Waals surface area contributed by atoms with Crippen molar-refractivity contribution in [3.8, 4) is 0 Å². The van der Waals surface area contributed by atoms with Crippen molar-refractivity contribution >= 4 is 11.3 Å². The zero-order chi connectivity index (χ0) is 13.8. The predicted molar refractivity (Wildman–Crippen MR) is 81.9 cm³/mol. The molecule has 1 saturated heterocycles. The van der Waals surface area contributed by atoms with E-state index in [1.807, 2.05) is 0 Å². The van der Waals surface area contributed by atoms with Crippen molar-refractivity contribution in [3.63, 3.8) is 0 Å². The largest absolute Gasteiger partial charge is 0.314 e. The highest BCUT2D eigenvalue weighted by Gasteiger charge is 2.18. The van der Waals surface area contributed by atoms with E-state index < -0.39 is 0 Å². The van der Waals surface area contributed by atoms with Gasteiger partial charge in [0, 0.05) is 44.1 Å². The van der Waals surface area contributed by atoms with Crippen LogP contribution in [0, 0.1) is 13.8 Å². The Morgan fingerprint density at radius 2 is 2.05 bits per heavy atom. The van der Waals surface area contributed by atoms with E-state index in [9.17, 15) is 0 Å². The van der Waals surface area contributed by atoms with Crippen molar-refractivity contribution < 1.29 is 0 Å². The summed E-state index contributed by atoms with van der Waals surface area (Å²) < 4.78 is 0. The minimum absolute atomic E-state index is 0.410. The van der Waals surface area contributed by atoms with Crippen LogP contribution in [0.4, 0.5) is 0 Å². The van der Waals surface area contributed by atoms with Gasteiger partial charge in [0.05, 0.1) is 16.7 Å². The van der Waals surface area contributed by atoms with Gasteiger partial charge in [-0.2, -0.15) is 0 Å². The lowest BCUT2D eigenvalue weighted by Gasteiger charge is -2.31. The molecule has 4 nitrogen and oxygen atoms in total. The van der Waals surface area contributed by atoms with Gasteiger partial charge in [0.2, 0.25) is 0 Å². The molecule has 0 spiro atoms. The van der Waals surface area contributed by atoms with Gasteiger partial charge in [0.1, 0.15) is 0 Å². The lowest BCUT2D eigenvalue weighted by molar-refractivity contribution is 0.181. The molecule has 108 valence electrons. The lowest BCUT2D eigenvalue weighted by Crippen LogP contribution is -2.46. The van der Waals surface area contributed by atoms with E-state index in [2.05, 4.69) is 47.9 Å². The molecule has 2 heterocycles. The van der Waals surface area contributed by atoms with Gasteiger partial charge in [0.15, 0.2) is 0 Å². The summed E-state index contributed by atoms with van der Waals surface area (Å²) in [5, 5.41) is 4.57. The molecule has 1 unspecified atom stereocenters. The average Bonchev–Trinajstić information content (AvgIpc) is 2.75. The van der Waals surface area contributed by atoms with Crippen LogP contribution in [0.2, 0.25) is 0 Å². The van der Waals surface area contributed by atoms with E-state index in [4.69, 9.17) is 0 Å². The molecule has 5 heteroatoms. The molecule has 1 aliphatic rings. The van der Waals surface area contributed by atoms with Crippen molar-refractivity contribution in [2.75, 3.05) is 46.3 Å². The van der Waals surface area contributed by atoms with Gasteiger partial charge in [-0.25, -0.2) is 4.98 Å². The first kappa shape index (κ1) is 14.9. The first-order valence-electron chi connectivity index (χ1n) is 7.15. The fraction of sp³-hybridized carbons (Fsp3) is 0.786. The third-order valence-corrected chi connectivity index (χ3v) is 4.88. The van der Waals surface area contributed by atoms with Gasteiger partial charge in [0.25, 0.3) is 0 Å². The van der Waals surface area contributed by atoms with Crippen molar-refractivity contribution in [3.05, 3.63) is 15.6 Å². The number of aryl methyl sites for hydroxylation is 2. The number of hydrogen-bond acceptors (Lipinski definition) is 5. The number of aromatic nitrogens is 1. The molecule has 1 aromatic rings. The van der Waals surface area contributed by atoms with Gasteiger partial charge >= 0.3 is 0 Å². The Balaban J connectivity index is 1.84. The van der Waals surface area contributed by atoms with Crippen LogP contribution in [0.5, 0.6) is 0 Å². The Morgan fingerprint density at radius 1 is 1.37 bits per heavy atom.